The highest BCUT2D eigenvalue weighted by Crippen LogP contribution is 2.06. The Balaban J connectivity index is 4.06. The molecule has 0 fully saturated rings. The van der Waals surface area contributed by atoms with E-state index >= 15 is 0 Å². The third-order valence-electron chi connectivity index (χ3n) is 1.97. The lowest BCUT2D eigenvalue weighted by Gasteiger charge is -2.25. The topological polar surface area (TPSA) is 76.4 Å². The molecule has 0 heterocycles. The van der Waals surface area contributed by atoms with Gasteiger partial charge in [-0.2, -0.15) is 0 Å². The first kappa shape index (κ1) is 14.2. The first-order chi connectivity index (χ1) is 6.80. The van der Waals surface area contributed by atoms with Crippen LogP contribution in [0.4, 0.5) is 4.79 Å². The van der Waals surface area contributed by atoms with E-state index in [9.17, 15) is 4.79 Å². The minimum atomic E-state index is -0.471. The molecule has 2 atom stereocenters. The SMILES string of the molecule is CNC(CN)C(C)NC(=O)OC(C)(C)C. The summed E-state index contributed by atoms with van der Waals surface area (Å²) in [5.74, 6) is 0. The van der Waals surface area contributed by atoms with Crippen LogP contribution in [0.3, 0.4) is 0 Å². The molecule has 0 bridgehead atoms. The largest absolute Gasteiger partial charge is 0.444 e. The number of amides is 1. The molecule has 0 aromatic heterocycles. The van der Waals surface area contributed by atoms with Crippen molar-refractivity contribution in [3.8, 4) is 0 Å². The van der Waals surface area contributed by atoms with Crippen molar-refractivity contribution in [2.75, 3.05) is 13.6 Å². The minimum Gasteiger partial charge on any atom is -0.444 e. The van der Waals surface area contributed by atoms with Gasteiger partial charge in [0.2, 0.25) is 0 Å². The maximum atomic E-state index is 11.4. The van der Waals surface area contributed by atoms with E-state index in [1.807, 2.05) is 34.7 Å². The summed E-state index contributed by atoms with van der Waals surface area (Å²) >= 11 is 0. The molecular formula is C10H23N3O2. The van der Waals surface area contributed by atoms with Crippen LogP contribution in [0.2, 0.25) is 0 Å². The van der Waals surface area contributed by atoms with Gasteiger partial charge in [0, 0.05) is 18.6 Å². The third kappa shape index (κ3) is 6.30. The highest BCUT2D eigenvalue weighted by Gasteiger charge is 2.20. The average molecular weight is 217 g/mol. The Bertz CT molecular complexity index is 197. The molecule has 0 aliphatic carbocycles. The molecule has 90 valence electrons. The van der Waals surface area contributed by atoms with Crippen LogP contribution >= 0.6 is 0 Å². The molecule has 15 heavy (non-hydrogen) atoms. The third-order valence-corrected chi connectivity index (χ3v) is 1.97. The standard InChI is InChI=1S/C10H23N3O2/c1-7(8(6-11)12-5)13-9(14)15-10(2,3)4/h7-8,12H,6,11H2,1-5H3,(H,13,14). The molecule has 0 aliphatic heterocycles. The maximum Gasteiger partial charge on any atom is 0.407 e. The van der Waals surface area contributed by atoms with Gasteiger partial charge in [0.15, 0.2) is 0 Å². The predicted molar refractivity (Wildman–Crippen MR) is 60.7 cm³/mol. The number of hydrogen-bond acceptors (Lipinski definition) is 4. The van der Waals surface area contributed by atoms with Gasteiger partial charge in [0.05, 0.1) is 0 Å². The number of hydrogen-bond donors (Lipinski definition) is 3. The van der Waals surface area contributed by atoms with Crippen molar-refractivity contribution in [1.29, 1.82) is 0 Å². The van der Waals surface area contributed by atoms with Gasteiger partial charge < -0.3 is 21.1 Å². The Kier molecular flexibility index (Phi) is 5.60. The summed E-state index contributed by atoms with van der Waals surface area (Å²) in [4.78, 5) is 11.4. The number of nitrogens with one attached hydrogen (secondary N) is 2. The van der Waals surface area contributed by atoms with Crippen molar-refractivity contribution in [3.05, 3.63) is 0 Å². The van der Waals surface area contributed by atoms with Crippen molar-refractivity contribution < 1.29 is 9.53 Å². The van der Waals surface area contributed by atoms with Crippen LogP contribution in [0.5, 0.6) is 0 Å². The fraction of sp³-hybridized carbons (Fsp3) is 0.900. The number of rotatable bonds is 4. The number of nitrogens with two attached hydrogens (primary N) is 1. The highest BCUT2D eigenvalue weighted by atomic mass is 16.6. The number of carbonyl (C=O) groups excluding carboxylic acids is 1. The smallest absolute Gasteiger partial charge is 0.407 e. The van der Waals surface area contributed by atoms with E-state index in [4.69, 9.17) is 10.5 Å². The Morgan fingerprint density at radius 3 is 2.33 bits per heavy atom. The zero-order valence-corrected chi connectivity index (χ0v) is 10.3. The van der Waals surface area contributed by atoms with Crippen LogP contribution in [0.15, 0.2) is 0 Å². The van der Waals surface area contributed by atoms with Gasteiger partial charge in [-0.05, 0) is 34.7 Å². The Morgan fingerprint density at radius 1 is 1.47 bits per heavy atom. The second-order valence-electron chi connectivity index (χ2n) is 4.57. The predicted octanol–water partition coefficient (Wildman–Crippen LogP) is 0.446. The Morgan fingerprint density at radius 2 is 2.00 bits per heavy atom. The van der Waals surface area contributed by atoms with Crippen molar-refractivity contribution in [2.45, 2.75) is 45.4 Å². The summed E-state index contributed by atoms with van der Waals surface area (Å²) in [7, 11) is 1.81. The molecule has 4 N–H and O–H groups in total. The maximum absolute atomic E-state index is 11.4. The summed E-state index contributed by atoms with van der Waals surface area (Å²) in [6, 6.07) is -0.00707. The molecule has 0 aromatic carbocycles. The first-order valence-corrected chi connectivity index (χ1v) is 5.17. The van der Waals surface area contributed by atoms with Gasteiger partial charge in [0.1, 0.15) is 5.60 Å². The van der Waals surface area contributed by atoms with E-state index in [1.54, 1.807) is 0 Å². The number of ether oxygens (including phenoxy) is 1. The van der Waals surface area contributed by atoms with Crippen molar-refractivity contribution >= 4 is 6.09 Å². The lowest BCUT2D eigenvalue weighted by molar-refractivity contribution is 0.0499. The van der Waals surface area contributed by atoms with Crippen LogP contribution in [0, 0.1) is 0 Å². The number of likely N-dealkylation sites (N-methyl/N-ethyl adjacent to an activating group) is 1. The molecule has 2 unspecified atom stereocenters. The monoisotopic (exact) mass is 217 g/mol. The Labute approximate surface area is 91.7 Å². The van der Waals surface area contributed by atoms with E-state index in [0.717, 1.165) is 0 Å². The van der Waals surface area contributed by atoms with E-state index in [2.05, 4.69) is 10.6 Å². The second-order valence-corrected chi connectivity index (χ2v) is 4.57. The molecule has 0 aliphatic rings. The summed E-state index contributed by atoms with van der Waals surface area (Å²) in [6.07, 6.45) is -0.413. The van der Waals surface area contributed by atoms with E-state index in [0.29, 0.717) is 6.54 Å². The molecule has 0 rings (SSSR count). The lowest BCUT2D eigenvalue weighted by Crippen LogP contribution is -2.51. The summed E-state index contributed by atoms with van der Waals surface area (Å²) in [5.41, 5.74) is 5.06. The zero-order chi connectivity index (χ0) is 12.1. The normalized spacial score (nSPS) is 15.6. The van der Waals surface area contributed by atoms with E-state index in [1.165, 1.54) is 0 Å². The molecule has 5 nitrogen and oxygen atoms in total. The number of alkyl carbamates (subject to hydrolysis) is 1. The van der Waals surface area contributed by atoms with Gasteiger partial charge in [-0.3, -0.25) is 0 Å². The molecule has 0 radical (unpaired) electrons. The molecule has 5 heteroatoms. The van der Waals surface area contributed by atoms with Crippen LogP contribution < -0.4 is 16.4 Å². The van der Waals surface area contributed by atoms with Crippen molar-refractivity contribution in [1.82, 2.24) is 10.6 Å². The minimum absolute atomic E-state index is 0.0533. The quantitative estimate of drug-likeness (QED) is 0.639. The molecule has 0 aromatic rings. The highest BCUT2D eigenvalue weighted by molar-refractivity contribution is 5.68. The zero-order valence-electron chi connectivity index (χ0n) is 10.3. The van der Waals surface area contributed by atoms with Gasteiger partial charge in [-0.1, -0.05) is 0 Å². The van der Waals surface area contributed by atoms with Crippen molar-refractivity contribution in [3.63, 3.8) is 0 Å². The fourth-order valence-corrected chi connectivity index (χ4v) is 1.17. The van der Waals surface area contributed by atoms with Crippen LogP contribution in [0.25, 0.3) is 0 Å². The van der Waals surface area contributed by atoms with Gasteiger partial charge in [0.25, 0.3) is 0 Å². The molecule has 0 saturated heterocycles. The molecule has 0 saturated carbocycles. The summed E-state index contributed by atoms with van der Waals surface area (Å²) in [5, 5.41) is 5.76. The molecule has 1 amide bonds. The first-order valence-electron chi connectivity index (χ1n) is 5.17. The van der Waals surface area contributed by atoms with Crippen LogP contribution in [-0.4, -0.2) is 37.4 Å². The average Bonchev–Trinajstić information content (AvgIpc) is 2.02. The number of carbonyl (C=O) groups is 1. The van der Waals surface area contributed by atoms with Gasteiger partial charge >= 0.3 is 6.09 Å². The van der Waals surface area contributed by atoms with Crippen LogP contribution in [-0.2, 0) is 4.74 Å². The van der Waals surface area contributed by atoms with E-state index in [-0.39, 0.29) is 12.1 Å². The van der Waals surface area contributed by atoms with E-state index < -0.39 is 11.7 Å². The van der Waals surface area contributed by atoms with Crippen LogP contribution in [0.1, 0.15) is 27.7 Å². The van der Waals surface area contributed by atoms with Gasteiger partial charge in [-0.25, -0.2) is 4.79 Å². The fourth-order valence-electron chi connectivity index (χ4n) is 1.17. The Hall–Kier alpha value is -0.810. The summed E-state index contributed by atoms with van der Waals surface area (Å²) in [6.45, 7) is 7.84. The van der Waals surface area contributed by atoms with Crippen molar-refractivity contribution in [2.24, 2.45) is 5.73 Å². The second kappa shape index (κ2) is 5.92. The molecular weight excluding hydrogens is 194 g/mol. The summed E-state index contributed by atoms with van der Waals surface area (Å²) < 4.78 is 5.13. The molecule has 0 spiro atoms. The van der Waals surface area contributed by atoms with Gasteiger partial charge in [-0.15, -0.1) is 0 Å². The lowest BCUT2D eigenvalue weighted by atomic mass is 10.1.